The van der Waals surface area contributed by atoms with E-state index in [1.54, 1.807) is 0 Å². The third-order valence-corrected chi connectivity index (χ3v) is 3.70. The van der Waals surface area contributed by atoms with Gasteiger partial charge in [0.15, 0.2) is 0 Å². The van der Waals surface area contributed by atoms with Gasteiger partial charge in [-0.3, -0.25) is 0 Å². The molecule has 0 radical (unpaired) electrons. The van der Waals surface area contributed by atoms with Crippen molar-refractivity contribution < 1.29 is 0 Å². The number of likely N-dealkylation sites (N-methyl/N-ethyl adjacent to an activating group) is 1. The summed E-state index contributed by atoms with van der Waals surface area (Å²) in [4.78, 5) is 2.37. The van der Waals surface area contributed by atoms with Gasteiger partial charge in [0, 0.05) is 18.6 Å². The first-order valence-corrected chi connectivity index (χ1v) is 6.57. The van der Waals surface area contributed by atoms with Crippen molar-refractivity contribution in [3.05, 3.63) is 35.9 Å². The predicted octanol–water partition coefficient (Wildman–Crippen LogP) is 3.05. The first-order valence-electron chi connectivity index (χ1n) is 6.57. The summed E-state index contributed by atoms with van der Waals surface area (Å²) in [6.07, 6.45) is 1.22. The summed E-state index contributed by atoms with van der Waals surface area (Å²) in [6.45, 7) is 7.84. The highest BCUT2D eigenvalue weighted by atomic mass is 15.1. The van der Waals surface area contributed by atoms with Gasteiger partial charge >= 0.3 is 0 Å². The zero-order chi connectivity index (χ0) is 12.8. The van der Waals surface area contributed by atoms with Crippen LogP contribution in [0.4, 0.5) is 0 Å². The molecular formula is C15H26N2. The standard InChI is InChI=1S/C15H26N2/c1-5-12(2)11-17(4)13(3)15(16)14-9-7-6-8-10-14/h6-10,12-13,15H,5,11,16H2,1-4H3. The summed E-state index contributed by atoms with van der Waals surface area (Å²) >= 11 is 0. The minimum atomic E-state index is 0.0882. The van der Waals surface area contributed by atoms with Crippen molar-refractivity contribution in [3.8, 4) is 0 Å². The third-order valence-electron chi connectivity index (χ3n) is 3.70. The van der Waals surface area contributed by atoms with Crippen LogP contribution >= 0.6 is 0 Å². The molecule has 0 aromatic heterocycles. The minimum absolute atomic E-state index is 0.0882. The molecule has 0 spiro atoms. The van der Waals surface area contributed by atoms with Crippen molar-refractivity contribution in [1.29, 1.82) is 0 Å². The van der Waals surface area contributed by atoms with Crippen molar-refractivity contribution in [2.75, 3.05) is 13.6 Å². The second-order valence-corrected chi connectivity index (χ2v) is 5.13. The third kappa shape index (κ3) is 4.14. The van der Waals surface area contributed by atoms with Crippen LogP contribution in [0.25, 0.3) is 0 Å². The van der Waals surface area contributed by atoms with Gasteiger partial charge in [-0.2, -0.15) is 0 Å². The van der Waals surface area contributed by atoms with E-state index in [1.165, 1.54) is 12.0 Å². The highest BCUT2D eigenvalue weighted by Gasteiger charge is 2.19. The van der Waals surface area contributed by atoms with Crippen LogP contribution in [0.1, 0.15) is 38.8 Å². The fourth-order valence-corrected chi connectivity index (χ4v) is 2.01. The highest BCUT2D eigenvalue weighted by molar-refractivity contribution is 5.19. The van der Waals surface area contributed by atoms with Gasteiger partial charge in [0.05, 0.1) is 0 Å². The Morgan fingerprint density at radius 3 is 2.29 bits per heavy atom. The van der Waals surface area contributed by atoms with E-state index in [1.807, 2.05) is 6.07 Å². The molecule has 0 saturated carbocycles. The Balaban J connectivity index is 2.60. The van der Waals surface area contributed by atoms with Crippen molar-refractivity contribution in [2.45, 2.75) is 39.3 Å². The molecule has 3 unspecified atom stereocenters. The van der Waals surface area contributed by atoms with E-state index in [0.29, 0.717) is 6.04 Å². The van der Waals surface area contributed by atoms with Crippen LogP contribution in [0.5, 0.6) is 0 Å². The zero-order valence-corrected chi connectivity index (χ0v) is 11.6. The monoisotopic (exact) mass is 234 g/mol. The fraction of sp³-hybridized carbons (Fsp3) is 0.600. The predicted molar refractivity (Wildman–Crippen MR) is 74.9 cm³/mol. The Morgan fingerprint density at radius 2 is 1.76 bits per heavy atom. The topological polar surface area (TPSA) is 29.3 Å². The second-order valence-electron chi connectivity index (χ2n) is 5.13. The van der Waals surface area contributed by atoms with Crippen LogP contribution < -0.4 is 5.73 Å². The molecule has 3 atom stereocenters. The minimum Gasteiger partial charge on any atom is -0.323 e. The summed E-state index contributed by atoms with van der Waals surface area (Å²) in [5.74, 6) is 0.727. The van der Waals surface area contributed by atoms with Crippen LogP contribution in [-0.4, -0.2) is 24.5 Å². The molecule has 2 N–H and O–H groups in total. The molecule has 0 aliphatic rings. The normalized spacial score (nSPS) is 16.8. The molecule has 0 saturated heterocycles. The molecular weight excluding hydrogens is 208 g/mol. The Kier molecular flexibility index (Phi) is 5.66. The molecule has 2 heteroatoms. The molecule has 17 heavy (non-hydrogen) atoms. The summed E-state index contributed by atoms with van der Waals surface area (Å²) < 4.78 is 0. The van der Waals surface area contributed by atoms with E-state index in [9.17, 15) is 0 Å². The number of nitrogens with zero attached hydrogens (tertiary/aromatic N) is 1. The van der Waals surface area contributed by atoms with Gasteiger partial charge < -0.3 is 10.6 Å². The number of hydrogen-bond acceptors (Lipinski definition) is 2. The van der Waals surface area contributed by atoms with Crippen molar-refractivity contribution in [3.63, 3.8) is 0 Å². The summed E-state index contributed by atoms with van der Waals surface area (Å²) in [6, 6.07) is 10.8. The van der Waals surface area contributed by atoms with Crippen LogP contribution in [-0.2, 0) is 0 Å². The van der Waals surface area contributed by atoms with Gasteiger partial charge in [-0.1, -0.05) is 50.6 Å². The smallest absolute Gasteiger partial charge is 0.0450 e. The van der Waals surface area contributed by atoms with Gasteiger partial charge in [-0.25, -0.2) is 0 Å². The van der Waals surface area contributed by atoms with Gasteiger partial charge in [-0.05, 0) is 25.5 Å². The number of benzene rings is 1. The lowest BCUT2D eigenvalue weighted by atomic mass is 9.99. The molecule has 1 aromatic rings. The van der Waals surface area contributed by atoms with Crippen LogP contribution in [0.2, 0.25) is 0 Å². The molecule has 0 aliphatic heterocycles. The van der Waals surface area contributed by atoms with E-state index in [0.717, 1.165) is 12.5 Å². The molecule has 0 fully saturated rings. The van der Waals surface area contributed by atoms with E-state index >= 15 is 0 Å². The lowest BCUT2D eigenvalue weighted by Gasteiger charge is -2.31. The highest BCUT2D eigenvalue weighted by Crippen LogP contribution is 2.18. The number of nitrogens with two attached hydrogens (primary N) is 1. The molecule has 1 rings (SSSR count). The molecule has 2 nitrogen and oxygen atoms in total. The van der Waals surface area contributed by atoms with Crippen molar-refractivity contribution in [2.24, 2.45) is 11.7 Å². The van der Waals surface area contributed by atoms with Gasteiger partial charge in [0.1, 0.15) is 0 Å². The Labute approximate surface area is 106 Å². The molecule has 0 amide bonds. The largest absolute Gasteiger partial charge is 0.323 e. The van der Waals surface area contributed by atoms with Gasteiger partial charge in [0.25, 0.3) is 0 Å². The summed E-state index contributed by atoms with van der Waals surface area (Å²) in [5, 5.41) is 0. The van der Waals surface area contributed by atoms with Gasteiger partial charge in [0.2, 0.25) is 0 Å². The fourth-order valence-electron chi connectivity index (χ4n) is 2.01. The van der Waals surface area contributed by atoms with E-state index in [2.05, 4.69) is 57.0 Å². The maximum Gasteiger partial charge on any atom is 0.0450 e. The summed E-state index contributed by atoms with van der Waals surface area (Å²) in [7, 11) is 2.17. The Morgan fingerprint density at radius 1 is 1.18 bits per heavy atom. The quantitative estimate of drug-likeness (QED) is 0.819. The average Bonchev–Trinajstić information content (AvgIpc) is 2.37. The number of rotatable bonds is 6. The van der Waals surface area contributed by atoms with Crippen LogP contribution in [0.3, 0.4) is 0 Å². The van der Waals surface area contributed by atoms with Crippen LogP contribution in [0.15, 0.2) is 30.3 Å². The second kappa shape index (κ2) is 6.77. The first-order chi connectivity index (χ1) is 8.06. The molecule has 0 aliphatic carbocycles. The zero-order valence-electron chi connectivity index (χ0n) is 11.6. The van der Waals surface area contributed by atoms with Gasteiger partial charge in [-0.15, -0.1) is 0 Å². The maximum absolute atomic E-state index is 6.31. The van der Waals surface area contributed by atoms with E-state index in [-0.39, 0.29) is 6.04 Å². The lowest BCUT2D eigenvalue weighted by molar-refractivity contribution is 0.197. The van der Waals surface area contributed by atoms with E-state index < -0.39 is 0 Å². The molecule has 0 bridgehead atoms. The van der Waals surface area contributed by atoms with E-state index in [4.69, 9.17) is 5.73 Å². The Hall–Kier alpha value is -0.860. The maximum atomic E-state index is 6.31. The molecule has 96 valence electrons. The summed E-state index contributed by atoms with van der Waals surface area (Å²) in [5.41, 5.74) is 7.53. The van der Waals surface area contributed by atoms with Crippen LogP contribution in [0, 0.1) is 5.92 Å². The molecule has 1 aromatic carbocycles. The first kappa shape index (κ1) is 14.2. The van der Waals surface area contributed by atoms with Crippen molar-refractivity contribution in [1.82, 2.24) is 4.90 Å². The Bertz CT molecular complexity index is 310. The van der Waals surface area contributed by atoms with Crippen molar-refractivity contribution >= 4 is 0 Å². The molecule has 0 heterocycles. The lowest BCUT2D eigenvalue weighted by Crippen LogP contribution is -2.40. The SMILES string of the molecule is CCC(C)CN(C)C(C)C(N)c1ccccc1. The average molecular weight is 234 g/mol. The number of hydrogen-bond donors (Lipinski definition) is 1.